The number of pyridine rings is 1. The largest absolute Gasteiger partial charge is 0.419 e. The van der Waals surface area contributed by atoms with Crippen molar-refractivity contribution in [1.29, 1.82) is 0 Å². The molecule has 1 fully saturated rings. The number of non-ortho nitro benzene ring substituents is 1. The highest BCUT2D eigenvalue weighted by atomic mass is 19.4. The third-order valence-electron chi connectivity index (χ3n) is 4.65. The molecule has 2 N–H and O–H groups in total. The van der Waals surface area contributed by atoms with Crippen molar-refractivity contribution < 1.29 is 27.9 Å². The normalized spacial score (nSPS) is 15.3. The first-order valence-corrected chi connectivity index (χ1v) is 8.63. The predicted octanol–water partition coefficient (Wildman–Crippen LogP) is 3.28. The lowest BCUT2D eigenvalue weighted by Crippen LogP contribution is -2.40. The van der Waals surface area contributed by atoms with Crippen LogP contribution in [-0.4, -0.2) is 23.9 Å². The van der Waals surface area contributed by atoms with Crippen LogP contribution in [0.25, 0.3) is 0 Å². The van der Waals surface area contributed by atoms with E-state index in [9.17, 15) is 28.1 Å². The van der Waals surface area contributed by atoms with Crippen molar-refractivity contribution in [3.8, 4) is 0 Å². The van der Waals surface area contributed by atoms with Gasteiger partial charge in [0.1, 0.15) is 6.20 Å². The van der Waals surface area contributed by atoms with Gasteiger partial charge in [-0.1, -0.05) is 6.07 Å². The van der Waals surface area contributed by atoms with Crippen LogP contribution in [0.4, 0.5) is 30.4 Å². The van der Waals surface area contributed by atoms with Gasteiger partial charge in [0.2, 0.25) is 5.91 Å². The molecular weight excluding hydrogens is 377 g/mol. The summed E-state index contributed by atoms with van der Waals surface area (Å²) in [5, 5.41) is 13.5. The Bertz CT molecular complexity index is 863. The molecule has 0 aliphatic carbocycles. The quantitative estimate of drug-likeness (QED) is 0.636. The van der Waals surface area contributed by atoms with E-state index in [1.807, 2.05) is 4.90 Å². The van der Waals surface area contributed by atoms with Crippen LogP contribution in [0.1, 0.15) is 18.4 Å². The molecular formula is C18H18F3N4O3+. The third-order valence-corrected chi connectivity index (χ3v) is 4.65. The second-order valence-corrected chi connectivity index (χ2v) is 6.52. The van der Waals surface area contributed by atoms with Crippen molar-refractivity contribution in [2.75, 3.05) is 23.3 Å². The Balaban J connectivity index is 1.57. The monoisotopic (exact) mass is 395 g/mol. The molecule has 3 rings (SSSR count). The van der Waals surface area contributed by atoms with Crippen LogP contribution in [0.5, 0.6) is 0 Å². The zero-order valence-corrected chi connectivity index (χ0v) is 14.7. The van der Waals surface area contributed by atoms with Crippen LogP contribution in [0.15, 0.2) is 42.6 Å². The first-order valence-electron chi connectivity index (χ1n) is 8.63. The van der Waals surface area contributed by atoms with Gasteiger partial charge in [-0.05, 0) is 25.0 Å². The Morgan fingerprint density at radius 1 is 1.21 bits per heavy atom. The van der Waals surface area contributed by atoms with Gasteiger partial charge in [0.15, 0.2) is 0 Å². The molecule has 2 aromatic rings. The zero-order chi connectivity index (χ0) is 20.3. The molecule has 0 saturated carbocycles. The van der Waals surface area contributed by atoms with Crippen molar-refractivity contribution in [3.63, 3.8) is 0 Å². The van der Waals surface area contributed by atoms with E-state index in [2.05, 4.69) is 10.3 Å². The Kier molecular flexibility index (Phi) is 5.48. The summed E-state index contributed by atoms with van der Waals surface area (Å²) in [6, 6.07) is 8.12. The highest BCUT2D eigenvalue weighted by Gasteiger charge is 2.33. The molecule has 2 heterocycles. The van der Waals surface area contributed by atoms with Crippen molar-refractivity contribution in [2.24, 2.45) is 5.92 Å². The molecule has 0 radical (unpaired) electrons. The molecule has 1 saturated heterocycles. The van der Waals surface area contributed by atoms with Gasteiger partial charge in [-0.3, -0.25) is 19.8 Å². The van der Waals surface area contributed by atoms with E-state index < -0.39 is 16.7 Å². The molecule has 7 nitrogen and oxygen atoms in total. The maximum absolute atomic E-state index is 12.6. The number of H-pyrrole nitrogens is 1. The molecule has 1 aliphatic heterocycles. The maximum Gasteiger partial charge on any atom is 0.419 e. The van der Waals surface area contributed by atoms with E-state index in [0.29, 0.717) is 37.4 Å². The van der Waals surface area contributed by atoms with Gasteiger partial charge < -0.3 is 5.32 Å². The molecule has 1 amide bonds. The lowest BCUT2D eigenvalue weighted by atomic mass is 9.95. The average molecular weight is 395 g/mol. The van der Waals surface area contributed by atoms with Crippen LogP contribution in [0.2, 0.25) is 0 Å². The van der Waals surface area contributed by atoms with E-state index in [-0.39, 0.29) is 17.5 Å². The molecule has 1 aromatic carbocycles. The molecule has 0 bridgehead atoms. The van der Waals surface area contributed by atoms with Gasteiger partial charge in [-0.25, -0.2) is 4.98 Å². The van der Waals surface area contributed by atoms with Crippen molar-refractivity contribution >= 4 is 23.1 Å². The summed E-state index contributed by atoms with van der Waals surface area (Å²) in [5.41, 5.74) is -0.495. The number of nitro groups is 1. The Morgan fingerprint density at radius 3 is 2.50 bits per heavy atom. The number of anilines is 2. The minimum Gasteiger partial charge on any atom is -0.326 e. The summed E-state index contributed by atoms with van der Waals surface area (Å²) in [5.74, 6) is 0.0621. The summed E-state index contributed by atoms with van der Waals surface area (Å²) in [4.78, 5) is 27.2. The predicted molar refractivity (Wildman–Crippen MR) is 94.7 cm³/mol. The number of hydrogen-bond donors (Lipinski definition) is 1. The second kappa shape index (κ2) is 7.83. The number of nitro benzene ring substituents is 1. The van der Waals surface area contributed by atoms with Gasteiger partial charge in [-0.2, -0.15) is 13.2 Å². The molecule has 28 heavy (non-hydrogen) atoms. The molecule has 0 unspecified atom stereocenters. The third kappa shape index (κ3) is 4.56. The fourth-order valence-electron chi connectivity index (χ4n) is 3.11. The van der Waals surface area contributed by atoms with Crippen LogP contribution >= 0.6 is 0 Å². The van der Waals surface area contributed by atoms with E-state index in [1.165, 1.54) is 24.3 Å². The Hall–Kier alpha value is -3.17. The number of halogens is 3. The van der Waals surface area contributed by atoms with Gasteiger partial charge in [0.25, 0.3) is 11.5 Å². The second-order valence-electron chi connectivity index (χ2n) is 6.52. The van der Waals surface area contributed by atoms with Gasteiger partial charge in [0.05, 0.1) is 23.6 Å². The number of aromatic amines is 1. The highest BCUT2D eigenvalue weighted by Crippen LogP contribution is 2.29. The number of amides is 1. The fourth-order valence-corrected chi connectivity index (χ4v) is 3.11. The average Bonchev–Trinajstić information content (AvgIpc) is 2.68. The zero-order valence-electron chi connectivity index (χ0n) is 14.7. The van der Waals surface area contributed by atoms with E-state index in [4.69, 9.17) is 0 Å². The van der Waals surface area contributed by atoms with Gasteiger partial charge in [0, 0.05) is 29.8 Å². The lowest BCUT2D eigenvalue weighted by Gasteiger charge is -2.27. The summed E-state index contributed by atoms with van der Waals surface area (Å²) in [7, 11) is 0. The number of piperidine rings is 1. The molecule has 148 valence electrons. The van der Waals surface area contributed by atoms with Crippen LogP contribution in [0.3, 0.4) is 0 Å². The van der Waals surface area contributed by atoms with Crippen LogP contribution in [-0.2, 0) is 11.0 Å². The van der Waals surface area contributed by atoms with Crippen molar-refractivity contribution in [2.45, 2.75) is 19.0 Å². The number of carbonyl (C=O) groups is 1. The number of hydrogen-bond acceptors (Lipinski definition) is 4. The molecule has 1 aliphatic rings. The van der Waals surface area contributed by atoms with E-state index >= 15 is 0 Å². The Labute approximate surface area is 158 Å². The van der Waals surface area contributed by atoms with Crippen LogP contribution in [0, 0.1) is 16.0 Å². The van der Waals surface area contributed by atoms with E-state index in [0.717, 1.165) is 12.3 Å². The van der Waals surface area contributed by atoms with Crippen LogP contribution < -0.4 is 15.2 Å². The smallest absolute Gasteiger partial charge is 0.326 e. The van der Waals surface area contributed by atoms with Crippen molar-refractivity contribution in [1.82, 2.24) is 0 Å². The maximum atomic E-state index is 12.6. The topological polar surface area (TPSA) is 89.6 Å². The SMILES string of the molecule is O=C(Nc1cccc([N+](=O)[O-])c1)C1CCN(c2ccc(C(F)(F)F)c[nH+]2)CC1. The summed E-state index contributed by atoms with van der Waals surface area (Å²) in [6.07, 6.45) is -2.42. The standard InChI is InChI=1S/C18H17F3N4O3/c19-18(20,21)13-4-5-16(22-11-13)24-8-6-12(7-9-24)17(26)23-14-2-1-3-15(10-14)25(27)28/h1-5,10-12H,6-9H2,(H,23,26)/p+1. The number of nitrogens with one attached hydrogen (secondary N) is 2. The number of carbonyl (C=O) groups excluding carboxylic acids is 1. The number of nitrogens with zero attached hydrogens (tertiary/aromatic N) is 2. The number of aromatic nitrogens is 1. The number of benzene rings is 1. The summed E-state index contributed by atoms with van der Waals surface area (Å²) >= 11 is 0. The molecule has 1 aromatic heterocycles. The van der Waals surface area contributed by atoms with Gasteiger partial charge in [-0.15, -0.1) is 0 Å². The minimum absolute atomic E-state index is 0.106. The highest BCUT2D eigenvalue weighted by molar-refractivity contribution is 5.93. The van der Waals surface area contributed by atoms with Crippen molar-refractivity contribution in [3.05, 3.63) is 58.3 Å². The first kappa shape index (κ1) is 19.6. The Morgan fingerprint density at radius 2 is 1.93 bits per heavy atom. The molecule has 0 atom stereocenters. The lowest BCUT2D eigenvalue weighted by molar-refractivity contribution is -0.384. The molecule has 10 heteroatoms. The number of alkyl halides is 3. The fraction of sp³-hybridized carbons (Fsp3) is 0.333. The number of rotatable bonds is 4. The minimum atomic E-state index is -4.40. The molecule has 0 spiro atoms. The van der Waals surface area contributed by atoms with Gasteiger partial charge >= 0.3 is 6.18 Å². The summed E-state index contributed by atoms with van der Waals surface area (Å²) < 4.78 is 37.9. The van der Waals surface area contributed by atoms with E-state index in [1.54, 1.807) is 6.07 Å². The summed E-state index contributed by atoms with van der Waals surface area (Å²) in [6.45, 7) is 1.02. The first-order chi connectivity index (χ1) is 13.2.